The number of esters is 1. The van der Waals surface area contributed by atoms with E-state index in [1.807, 2.05) is 48.5 Å². The van der Waals surface area contributed by atoms with Crippen LogP contribution in [-0.4, -0.2) is 64.6 Å². The summed E-state index contributed by atoms with van der Waals surface area (Å²) in [6.07, 6.45) is -1.29. The van der Waals surface area contributed by atoms with Gasteiger partial charge in [-0.15, -0.1) is 10.2 Å². The number of carbonyl (C=O) groups is 2. The molecule has 2 N–H and O–H groups in total. The first kappa shape index (κ1) is 26.5. The van der Waals surface area contributed by atoms with Gasteiger partial charge in [0, 0.05) is 26.2 Å². The lowest BCUT2D eigenvalue weighted by Crippen LogP contribution is -2.29. The van der Waals surface area contributed by atoms with Crippen LogP contribution in [0.3, 0.4) is 0 Å². The van der Waals surface area contributed by atoms with E-state index in [-0.39, 0.29) is 17.0 Å². The lowest BCUT2D eigenvalue weighted by molar-refractivity contribution is -0.150. The van der Waals surface area contributed by atoms with Crippen molar-refractivity contribution in [3.8, 4) is 22.5 Å². The highest BCUT2D eigenvalue weighted by Gasteiger charge is 2.22. The Balaban J connectivity index is 1.69. The fourth-order valence-electron chi connectivity index (χ4n) is 3.31. The molecule has 0 aliphatic rings. The highest BCUT2D eigenvalue weighted by molar-refractivity contribution is 6.31. The predicted octanol–water partition coefficient (Wildman–Crippen LogP) is 3.66. The van der Waals surface area contributed by atoms with Crippen molar-refractivity contribution in [3.63, 3.8) is 0 Å². The number of carbonyl (C=O) groups excluding carboxylic acids is 2. The summed E-state index contributed by atoms with van der Waals surface area (Å²) < 4.78 is 14.6. The van der Waals surface area contributed by atoms with Gasteiger partial charge in [0.15, 0.2) is 5.70 Å². The summed E-state index contributed by atoms with van der Waals surface area (Å²) in [5, 5.41) is 17.1. The lowest BCUT2D eigenvalue weighted by Gasteiger charge is -2.23. The number of aromatic nitrogens is 4. The molecule has 12 heteroatoms. The largest absolute Gasteiger partial charge is 0.511 e. The van der Waals surface area contributed by atoms with E-state index in [2.05, 4.69) is 25.9 Å². The maximum atomic E-state index is 12.7. The van der Waals surface area contributed by atoms with E-state index >= 15 is 0 Å². The summed E-state index contributed by atoms with van der Waals surface area (Å²) in [5.74, 6) is -0.259. The highest BCUT2D eigenvalue weighted by Crippen LogP contribution is 2.30. The molecule has 0 atom stereocenters. The van der Waals surface area contributed by atoms with Gasteiger partial charge in [-0.25, -0.2) is 9.59 Å². The Bertz CT molecular complexity index is 1200. The number of likely N-dealkylation sites (N-methyl/N-ethyl adjacent to an activating group) is 1. The minimum absolute atomic E-state index is 0.0755. The number of H-pyrrole nitrogens is 1. The van der Waals surface area contributed by atoms with Crippen LogP contribution in [0.2, 0.25) is 0 Å². The Morgan fingerprint density at radius 1 is 1.08 bits per heavy atom. The molecular formula is C24H27ClN6O5. The first-order valence-electron chi connectivity index (χ1n) is 11.0. The number of aromatic amines is 1. The van der Waals surface area contributed by atoms with Crippen LogP contribution in [0.15, 0.2) is 59.4 Å². The van der Waals surface area contributed by atoms with Gasteiger partial charge < -0.3 is 24.4 Å². The van der Waals surface area contributed by atoms with E-state index in [4.69, 9.17) is 25.8 Å². The molecule has 0 saturated heterocycles. The van der Waals surface area contributed by atoms with Gasteiger partial charge in [-0.1, -0.05) is 60.1 Å². The van der Waals surface area contributed by atoms with E-state index in [0.29, 0.717) is 12.4 Å². The average Bonchev–Trinajstić information content (AvgIpc) is 3.39. The van der Waals surface area contributed by atoms with Crippen molar-refractivity contribution in [2.24, 2.45) is 0 Å². The molecular weight excluding hydrogens is 488 g/mol. The maximum Gasteiger partial charge on any atom is 0.511 e. The molecule has 0 spiro atoms. The van der Waals surface area contributed by atoms with E-state index in [1.165, 1.54) is 0 Å². The zero-order valence-corrected chi connectivity index (χ0v) is 21.1. The fraction of sp³-hybridized carbons (Fsp3) is 0.292. The van der Waals surface area contributed by atoms with Crippen molar-refractivity contribution in [3.05, 3.63) is 64.9 Å². The number of halogens is 1. The second-order valence-electron chi connectivity index (χ2n) is 7.86. The van der Waals surface area contributed by atoms with Crippen LogP contribution in [0.1, 0.15) is 19.4 Å². The number of nitrogens with zero attached hydrogens (tertiary/aromatic N) is 4. The van der Waals surface area contributed by atoms with Gasteiger partial charge in [0.05, 0.1) is 6.10 Å². The molecule has 3 rings (SSSR count). The topological polar surface area (TPSA) is 132 Å². The number of nitrogens with one attached hydrogen (secondary N) is 2. The molecule has 1 aromatic heterocycles. The van der Waals surface area contributed by atoms with Gasteiger partial charge in [-0.3, -0.25) is 0 Å². The molecule has 3 aromatic rings. The van der Waals surface area contributed by atoms with Gasteiger partial charge in [-0.2, -0.15) is 5.21 Å². The van der Waals surface area contributed by atoms with Crippen LogP contribution in [0.4, 0.5) is 4.79 Å². The molecule has 0 aliphatic carbocycles. The molecule has 0 amide bonds. The summed E-state index contributed by atoms with van der Waals surface area (Å²) in [5.41, 5.74) is 3.77. The molecule has 0 unspecified atom stereocenters. The third kappa shape index (κ3) is 6.95. The molecule has 0 fully saturated rings. The van der Waals surface area contributed by atoms with Crippen LogP contribution in [0.5, 0.6) is 0 Å². The number of rotatable bonds is 10. The van der Waals surface area contributed by atoms with Gasteiger partial charge in [0.1, 0.15) is 5.16 Å². The van der Waals surface area contributed by atoms with Crippen molar-refractivity contribution in [1.29, 1.82) is 0 Å². The zero-order chi connectivity index (χ0) is 26.1. The van der Waals surface area contributed by atoms with Crippen LogP contribution in [0.25, 0.3) is 22.5 Å². The van der Waals surface area contributed by atoms with Crippen molar-refractivity contribution >= 4 is 23.7 Å². The number of hydrogen-bond acceptors (Lipinski definition) is 10. The van der Waals surface area contributed by atoms with Crippen LogP contribution >= 0.6 is 11.6 Å². The Hall–Kier alpha value is -4.12. The SMILES string of the molecule is CN/C(Cl)=C(/C(=O)OCOC(=O)OC(C)C)N(C)Cc1ccc(-c2ccccc2-c2nn[nH]n2)cc1. The first-order valence-corrected chi connectivity index (χ1v) is 11.4. The quantitative estimate of drug-likeness (QED) is 0.179. The van der Waals surface area contributed by atoms with Gasteiger partial charge in [0.2, 0.25) is 12.6 Å². The van der Waals surface area contributed by atoms with E-state index in [9.17, 15) is 9.59 Å². The Morgan fingerprint density at radius 2 is 1.78 bits per heavy atom. The third-order valence-corrected chi connectivity index (χ3v) is 5.27. The minimum atomic E-state index is -0.933. The fourth-order valence-corrected chi connectivity index (χ4v) is 3.53. The molecule has 190 valence electrons. The second kappa shape index (κ2) is 12.5. The Morgan fingerprint density at radius 3 is 2.39 bits per heavy atom. The molecule has 1 heterocycles. The normalized spacial score (nSPS) is 11.5. The lowest BCUT2D eigenvalue weighted by atomic mass is 9.98. The number of benzene rings is 2. The Labute approximate surface area is 213 Å². The molecule has 36 heavy (non-hydrogen) atoms. The number of hydrogen-bond donors (Lipinski definition) is 2. The smallest absolute Gasteiger partial charge is 0.431 e. The molecule has 11 nitrogen and oxygen atoms in total. The molecule has 0 bridgehead atoms. The minimum Gasteiger partial charge on any atom is -0.431 e. The van der Waals surface area contributed by atoms with E-state index < -0.39 is 18.9 Å². The summed E-state index contributed by atoms with van der Waals surface area (Å²) in [6, 6.07) is 15.6. The molecule has 0 saturated carbocycles. The second-order valence-corrected chi connectivity index (χ2v) is 8.24. The van der Waals surface area contributed by atoms with Crippen molar-refractivity contribution in [1.82, 2.24) is 30.8 Å². The van der Waals surface area contributed by atoms with Gasteiger partial charge in [-0.05, 0) is 35.8 Å². The summed E-state index contributed by atoms with van der Waals surface area (Å²) in [7, 11) is 3.28. The van der Waals surface area contributed by atoms with Crippen molar-refractivity contribution < 1.29 is 23.8 Å². The highest BCUT2D eigenvalue weighted by atomic mass is 35.5. The van der Waals surface area contributed by atoms with Gasteiger partial charge >= 0.3 is 12.1 Å². The van der Waals surface area contributed by atoms with Crippen LogP contribution in [-0.2, 0) is 25.5 Å². The van der Waals surface area contributed by atoms with Crippen LogP contribution < -0.4 is 5.32 Å². The van der Waals surface area contributed by atoms with E-state index in [1.54, 1.807) is 32.8 Å². The molecule has 0 aliphatic heterocycles. The summed E-state index contributed by atoms with van der Waals surface area (Å²) in [6.45, 7) is 3.10. The molecule has 2 aromatic carbocycles. The Kier molecular flexibility index (Phi) is 9.23. The first-order chi connectivity index (χ1) is 17.3. The summed E-state index contributed by atoms with van der Waals surface area (Å²) >= 11 is 6.24. The number of tetrazole rings is 1. The monoisotopic (exact) mass is 514 g/mol. The average molecular weight is 515 g/mol. The van der Waals surface area contributed by atoms with Crippen LogP contribution in [0, 0.1) is 0 Å². The predicted molar refractivity (Wildman–Crippen MR) is 132 cm³/mol. The van der Waals surface area contributed by atoms with Crippen molar-refractivity contribution in [2.75, 3.05) is 20.9 Å². The van der Waals surface area contributed by atoms with Crippen molar-refractivity contribution in [2.45, 2.75) is 26.5 Å². The third-order valence-electron chi connectivity index (χ3n) is 4.90. The number of ether oxygens (including phenoxy) is 3. The van der Waals surface area contributed by atoms with Gasteiger partial charge in [0.25, 0.3) is 0 Å². The molecule has 0 radical (unpaired) electrons. The zero-order valence-electron chi connectivity index (χ0n) is 20.3. The maximum absolute atomic E-state index is 12.7. The standard InChI is InChI=1S/C24H27ClN6O5/c1-15(2)36-24(33)35-14-34-23(32)20(21(25)26-3)31(4)13-16-9-11-17(12-10-16)18-7-5-6-8-19(18)22-27-29-30-28-22/h5-12,15,26H,13-14H2,1-4H3,(H,27,28,29,30)/b21-20-. The van der Waals surface area contributed by atoms with E-state index in [0.717, 1.165) is 22.3 Å². The summed E-state index contributed by atoms with van der Waals surface area (Å²) in [4.78, 5) is 25.8.